The van der Waals surface area contributed by atoms with Gasteiger partial charge in [-0.2, -0.15) is 11.8 Å². The highest BCUT2D eigenvalue weighted by Crippen LogP contribution is 2.34. The van der Waals surface area contributed by atoms with E-state index in [9.17, 15) is 14.4 Å². The second kappa shape index (κ2) is 10.5. The second-order valence-electron chi connectivity index (χ2n) is 9.09. The number of nitrogens with one attached hydrogen (secondary N) is 2. The van der Waals surface area contributed by atoms with Gasteiger partial charge in [0.2, 0.25) is 5.91 Å². The van der Waals surface area contributed by atoms with Crippen LogP contribution in [-0.2, 0) is 17.9 Å². The normalized spacial score (nSPS) is 20.0. The first-order valence-corrected chi connectivity index (χ1v) is 12.9. The Morgan fingerprint density at radius 3 is 2.67 bits per heavy atom. The van der Waals surface area contributed by atoms with Gasteiger partial charge in [0.15, 0.2) is 0 Å². The molecule has 2 aromatic rings. The molecule has 33 heavy (non-hydrogen) atoms. The zero-order valence-electron chi connectivity index (χ0n) is 19.3. The number of urea groups is 1. The van der Waals surface area contributed by atoms with Crippen LogP contribution in [-0.4, -0.2) is 52.5 Å². The number of nitrogens with zero attached hydrogens (tertiary/aromatic N) is 2. The Morgan fingerprint density at radius 2 is 1.91 bits per heavy atom. The lowest BCUT2D eigenvalue weighted by Crippen LogP contribution is -2.56. The third-order valence-electron chi connectivity index (χ3n) is 6.58. The number of hydrogen-bond acceptors (Lipinski definition) is 4. The van der Waals surface area contributed by atoms with Crippen molar-refractivity contribution >= 4 is 23.7 Å². The molecule has 3 atom stereocenters. The molecule has 8 heteroatoms. The van der Waals surface area contributed by atoms with E-state index in [1.165, 1.54) is 5.56 Å². The van der Waals surface area contributed by atoms with E-state index < -0.39 is 6.04 Å². The summed E-state index contributed by atoms with van der Waals surface area (Å²) in [5, 5.41) is 5.96. The average molecular weight is 469 g/mol. The standard InChI is InChI=1S/C25H32N4O3S/c1-17-6-8-18(9-7-17)13-26-24(31)21(10-11-33-2)27-25(32)28-14-19-12-20(16-28)22-4-3-5-23(30)29(22)15-19/h3-9,19-21H,10-16H2,1-2H3,(H,26,31)(H,27,32)/t19-,20+,21-/m0/s1. The van der Waals surface area contributed by atoms with E-state index in [0.717, 1.165) is 23.4 Å². The van der Waals surface area contributed by atoms with Gasteiger partial charge in [0, 0.05) is 43.9 Å². The van der Waals surface area contributed by atoms with Crippen LogP contribution in [0.2, 0.25) is 0 Å². The topological polar surface area (TPSA) is 83.4 Å². The van der Waals surface area contributed by atoms with E-state index in [1.54, 1.807) is 23.9 Å². The number of aromatic nitrogens is 1. The van der Waals surface area contributed by atoms with Gasteiger partial charge < -0.3 is 20.1 Å². The van der Waals surface area contributed by atoms with E-state index in [4.69, 9.17) is 0 Å². The SMILES string of the molecule is CSCC[C@H](NC(=O)N1C[C@@H]2C[C@H](C1)c1cccc(=O)n1C2)C(=O)NCc1ccc(C)cc1. The molecule has 0 spiro atoms. The van der Waals surface area contributed by atoms with Gasteiger partial charge in [-0.3, -0.25) is 9.59 Å². The summed E-state index contributed by atoms with van der Waals surface area (Å²) in [6, 6.07) is 12.7. The van der Waals surface area contributed by atoms with Gasteiger partial charge in [0.05, 0.1) is 0 Å². The number of rotatable bonds is 7. The van der Waals surface area contributed by atoms with Crippen LogP contribution in [0.4, 0.5) is 4.79 Å². The highest BCUT2D eigenvalue weighted by atomic mass is 32.2. The van der Waals surface area contributed by atoms with Crippen LogP contribution in [0.15, 0.2) is 47.3 Å². The predicted molar refractivity (Wildman–Crippen MR) is 131 cm³/mol. The number of pyridine rings is 1. The first-order valence-electron chi connectivity index (χ1n) is 11.5. The van der Waals surface area contributed by atoms with E-state index in [1.807, 2.05) is 53.0 Å². The van der Waals surface area contributed by atoms with Crippen LogP contribution in [0.3, 0.4) is 0 Å². The monoisotopic (exact) mass is 468 g/mol. The Bertz CT molecular complexity index is 1050. The van der Waals surface area contributed by atoms with Crippen molar-refractivity contribution in [3.05, 3.63) is 69.6 Å². The van der Waals surface area contributed by atoms with Gasteiger partial charge in [-0.25, -0.2) is 4.79 Å². The molecule has 3 amide bonds. The Hall–Kier alpha value is -2.74. The Kier molecular flexibility index (Phi) is 7.42. The minimum Gasteiger partial charge on any atom is -0.350 e. The number of aryl methyl sites for hydroxylation is 1. The summed E-state index contributed by atoms with van der Waals surface area (Å²) in [7, 11) is 0. The third-order valence-corrected chi connectivity index (χ3v) is 7.22. The molecule has 1 aromatic carbocycles. The first kappa shape index (κ1) is 23.4. The lowest BCUT2D eigenvalue weighted by Gasteiger charge is -2.43. The van der Waals surface area contributed by atoms with Crippen molar-refractivity contribution in [3.63, 3.8) is 0 Å². The highest BCUT2D eigenvalue weighted by Gasteiger charge is 2.37. The summed E-state index contributed by atoms with van der Waals surface area (Å²) in [5.41, 5.74) is 3.24. The van der Waals surface area contributed by atoms with Crippen molar-refractivity contribution in [1.82, 2.24) is 20.1 Å². The molecule has 1 aromatic heterocycles. The number of benzene rings is 1. The number of likely N-dealkylation sites (tertiary alicyclic amines) is 1. The second-order valence-corrected chi connectivity index (χ2v) is 10.1. The minimum atomic E-state index is -0.577. The number of carbonyl (C=O) groups is 2. The molecule has 2 bridgehead atoms. The van der Waals surface area contributed by atoms with E-state index >= 15 is 0 Å². The molecule has 4 rings (SSSR count). The van der Waals surface area contributed by atoms with Gasteiger partial charge in [0.25, 0.3) is 5.56 Å². The third kappa shape index (κ3) is 5.61. The molecule has 0 radical (unpaired) electrons. The lowest BCUT2D eigenvalue weighted by molar-refractivity contribution is -0.123. The van der Waals surface area contributed by atoms with Crippen molar-refractivity contribution < 1.29 is 9.59 Å². The maximum atomic E-state index is 13.2. The fraction of sp³-hybridized carbons (Fsp3) is 0.480. The number of fused-ring (bicyclic) bond motifs is 4. The van der Waals surface area contributed by atoms with Crippen LogP contribution in [0.5, 0.6) is 0 Å². The molecular weight excluding hydrogens is 436 g/mol. The van der Waals surface area contributed by atoms with E-state index in [2.05, 4.69) is 10.6 Å². The van der Waals surface area contributed by atoms with E-state index in [-0.39, 0.29) is 29.3 Å². The van der Waals surface area contributed by atoms with Crippen LogP contribution in [0, 0.1) is 12.8 Å². The molecule has 1 fully saturated rings. The van der Waals surface area contributed by atoms with Crippen LogP contribution in [0.25, 0.3) is 0 Å². The minimum absolute atomic E-state index is 0.0301. The number of piperidine rings is 1. The van der Waals surface area contributed by atoms with E-state index in [0.29, 0.717) is 32.6 Å². The molecule has 2 N–H and O–H groups in total. The number of carbonyl (C=O) groups excluding carboxylic acids is 2. The molecule has 2 aliphatic rings. The van der Waals surface area contributed by atoms with Gasteiger partial charge in [-0.05, 0) is 49.3 Å². The molecule has 0 aliphatic carbocycles. The maximum Gasteiger partial charge on any atom is 0.318 e. The smallest absolute Gasteiger partial charge is 0.318 e. The first-order chi connectivity index (χ1) is 15.9. The van der Waals surface area contributed by atoms with Gasteiger partial charge in [-0.1, -0.05) is 35.9 Å². The maximum absolute atomic E-state index is 13.2. The summed E-state index contributed by atoms with van der Waals surface area (Å²) in [5.74, 6) is 1.02. The molecule has 0 unspecified atom stereocenters. The van der Waals surface area contributed by atoms with Crippen LogP contribution in [0.1, 0.15) is 35.6 Å². The molecular formula is C25H32N4O3S. The fourth-order valence-electron chi connectivity index (χ4n) is 4.83. The highest BCUT2D eigenvalue weighted by molar-refractivity contribution is 7.98. The van der Waals surface area contributed by atoms with Crippen molar-refractivity contribution in [3.8, 4) is 0 Å². The largest absolute Gasteiger partial charge is 0.350 e. The fourth-order valence-corrected chi connectivity index (χ4v) is 5.30. The number of hydrogen-bond donors (Lipinski definition) is 2. The van der Waals surface area contributed by atoms with Gasteiger partial charge >= 0.3 is 6.03 Å². The Morgan fingerprint density at radius 1 is 1.12 bits per heavy atom. The summed E-state index contributed by atoms with van der Waals surface area (Å²) >= 11 is 1.66. The lowest BCUT2D eigenvalue weighted by atomic mass is 9.83. The van der Waals surface area contributed by atoms with Crippen LogP contribution < -0.4 is 16.2 Å². The van der Waals surface area contributed by atoms with Crippen LogP contribution >= 0.6 is 11.8 Å². The molecule has 0 saturated carbocycles. The Labute approximate surface area is 198 Å². The number of thioether (sulfide) groups is 1. The zero-order valence-corrected chi connectivity index (χ0v) is 20.1. The summed E-state index contributed by atoms with van der Waals surface area (Å²) in [6.07, 6.45) is 3.56. The van der Waals surface area contributed by atoms with Crippen molar-refractivity contribution in [1.29, 1.82) is 0 Å². The molecule has 1 saturated heterocycles. The van der Waals surface area contributed by atoms with Crippen molar-refractivity contribution in [2.75, 3.05) is 25.1 Å². The zero-order chi connectivity index (χ0) is 23.4. The molecule has 2 aliphatic heterocycles. The van der Waals surface area contributed by atoms with Gasteiger partial charge in [-0.15, -0.1) is 0 Å². The number of amides is 3. The average Bonchev–Trinajstić information content (AvgIpc) is 2.81. The molecule has 7 nitrogen and oxygen atoms in total. The predicted octanol–water partition coefficient (Wildman–Crippen LogP) is 2.72. The van der Waals surface area contributed by atoms with Gasteiger partial charge in [0.1, 0.15) is 6.04 Å². The van der Waals surface area contributed by atoms with Crippen molar-refractivity contribution in [2.24, 2.45) is 5.92 Å². The summed E-state index contributed by atoms with van der Waals surface area (Å²) in [6.45, 7) is 4.27. The molecule has 176 valence electrons. The Balaban J connectivity index is 1.39. The molecule has 3 heterocycles. The quantitative estimate of drug-likeness (QED) is 0.655. The summed E-state index contributed by atoms with van der Waals surface area (Å²) in [4.78, 5) is 40.1. The van der Waals surface area contributed by atoms with Crippen molar-refractivity contribution in [2.45, 2.75) is 44.8 Å². The summed E-state index contributed by atoms with van der Waals surface area (Å²) < 4.78 is 1.86.